The Hall–Kier alpha value is -2.59. The third kappa shape index (κ3) is 5.23. The van der Waals surface area contributed by atoms with Gasteiger partial charge >= 0.3 is 0 Å². The van der Waals surface area contributed by atoms with Crippen LogP contribution in [0.25, 0.3) is 0 Å². The van der Waals surface area contributed by atoms with Crippen LogP contribution in [0.15, 0.2) is 40.3 Å². The van der Waals surface area contributed by atoms with Crippen LogP contribution < -0.4 is 15.4 Å². The van der Waals surface area contributed by atoms with E-state index in [4.69, 9.17) is 21.6 Å². The predicted molar refractivity (Wildman–Crippen MR) is 106 cm³/mol. The van der Waals surface area contributed by atoms with Crippen LogP contribution in [0, 0.1) is 11.3 Å². The second kappa shape index (κ2) is 8.61. The zero-order chi connectivity index (χ0) is 20.1. The molecule has 0 atom stereocenters. The Bertz CT molecular complexity index is 835. The van der Waals surface area contributed by atoms with E-state index in [1.807, 2.05) is 19.9 Å². The van der Waals surface area contributed by atoms with E-state index in [1.54, 1.807) is 24.4 Å². The van der Waals surface area contributed by atoms with Crippen molar-refractivity contribution < 1.29 is 9.53 Å². The molecule has 1 saturated carbocycles. The zero-order valence-electron chi connectivity index (χ0n) is 16.0. The highest BCUT2D eigenvalue weighted by Gasteiger charge is 2.26. The van der Waals surface area contributed by atoms with Crippen LogP contribution in [0.5, 0.6) is 5.75 Å². The molecule has 2 N–H and O–H groups in total. The number of carbonyl (C=O) groups excluding carboxylic acids is 1. The SMILES string of the molecule is CC1(C)CN=NC(C(=O)N[C@H]2CC[C@H](Oc3ccc(C#N)c(Cl)c3)CC2)=CN1. The van der Waals surface area contributed by atoms with Gasteiger partial charge in [-0.3, -0.25) is 4.79 Å². The van der Waals surface area contributed by atoms with Gasteiger partial charge in [-0.15, -0.1) is 5.11 Å². The van der Waals surface area contributed by atoms with Gasteiger partial charge in [-0.1, -0.05) is 11.6 Å². The number of halogens is 1. The Kier molecular flexibility index (Phi) is 6.20. The lowest BCUT2D eigenvalue weighted by Gasteiger charge is -2.29. The van der Waals surface area contributed by atoms with Crippen LogP contribution in [0.2, 0.25) is 5.02 Å². The van der Waals surface area contributed by atoms with Gasteiger partial charge in [-0.25, -0.2) is 0 Å². The van der Waals surface area contributed by atoms with E-state index in [2.05, 4.69) is 20.9 Å². The average Bonchev–Trinajstić information content (AvgIpc) is 2.84. The molecule has 0 unspecified atom stereocenters. The van der Waals surface area contributed by atoms with Crippen LogP contribution in [-0.4, -0.2) is 30.1 Å². The van der Waals surface area contributed by atoms with Crippen molar-refractivity contribution in [1.29, 1.82) is 5.26 Å². The quantitative estimate of drug-likeness (QED) is 0.803. The summed E-state index contributed by atoms with van der Waals surface area (Å²) in [5.41, 5.74) is 0.523. The molecule has 1 aliphatic carbocycles. The van der Waals surface area contributed by atoms with Crippen molar-refractivity contribution in [1.82, 2.24) is 10.6 Å². The second-order valence-corrected chi connectivity index (χ2v) is 8.18. The number of carbonyl (C=O) groups is 1. The molecule has 0 spiro atoms. The lowest BCUT2D eigenvalue weighted by Crippen LogP contribution is -2.41. The van der Waals surface area contributed by atoms with Crippen molar-refractivity contribution in [3.05, 3.63) is 40.7 Å². The molecule has 7 nitrogen and oxygen atoms in total. The number of azo groups is 1. The van der Waals surface area contributed by atoms with Crippen LogP contribution in [0.4, 0.5) is 0 Å². The first-order valence-electron chi connectivity index (χ1n) is 9.39. The normalized spacial score (nSPS) is 23.6. The average molecular weight is 402 g/mol. The molecule has 0 aromatic heterocycles. The third-order valence-corrected chi connectivity index (χ3v) is 5.16. The van der Waals surface area contributed by atoms with Crippen LogP contribution in [0.3, 0.4) is 0 Å². The minimum Gasteiger partial charge on any atom is -0.490 e. The number of benzene rings is 1. The summed E-state index contributed by atoms with van der Waals surface area (Å²) in [4.78, 5) is 12.5. The van der Waals surface area contributed by atoms with Gasteiger partial charge in [0.15, 0.2) is 5.70 Å². The molecule has 1 fully saturated rings. The van der Waals surface area contributed by atoms with E-state index < -0.39 is 0 Å². The fraction of sp³-hybridized carbons (Fsp3) is 0.500. The minimum atomic E-state index is -0.213. The van der Waals surface area contributed by atoms with Gasteiger partial charge in [-0.05, 0) is 51.7 Å². The van der Waals surface area contributed by atoms with Gasteiger partial charge in [0.1, 0.15) is 11.8 Å². The molecule has 1 aromatic carbocycles. The van der Waals surface area contributed by atoms with E-state index >= 15 is 0 Å². The summed E-state index contributed by atoms with van der Waals surface area (Å²) >= 11 is 6.05. The lowest BCUT2D eigenvalue weighted by molar-refractivity contribution is -0.118. The van der Waals surface area contributed by atoms with E-state index in [1.165, 1.54) is 0 Å². The van der Waals surface area contributed by atoms with Gasteiger partial charge in [0.2, 0.25) is 0 Å². The Balaban J connectivity index is 1.49. The summed E-state index contributed by atoms with van der Waals surface area (Å²) in [6.07, 6.45) is 5.00. The molecule has 1 aliphatic heterocycles. The molecule has 0 saturated heterocycles. The Labute approximate surface area is 169 Å². The monoisotopic (exact) mass is 401 g/mol. The molecule has 148 valence electrons. The predicted octanol–water partition coefficient (Wildman–Crippen LogP) is 3.69. The molecule has 1 heterocycles. The fourth-order valence-corrected chi connectivity index (χ4v) is 3.39. The molecule has 8 heteroatoms. The number of rotatable bonds is 4. The first-order valence-corrected chi connectivity index (χ1v) is 9.76. The van der Waals surface area contributed by atoms with Gasteiger partial charge in [0.05, 0.1) is 28.8 Å². The van der Waals surface area contributed by atoms with Crippen LogP contribution in [-0.2, 0) is 4.79 Å². The maximum Gasteiger partial charge on any atom is 0.273 e. The molecule has 3 rings (SSSR count). The number of hydrogen-bond acceptors (Lipinski definition) is 6. The van der Waals surface area contributed by atoms with Gasteiger partial charge in [-0.2, -0.15) is 10.4 Å². The maximum atomic E-state index is 12.5. The van der Waals surface area contributed by atoms with Crippen molar-refractivity contribution in [2.45, 2.75) is 57.2 Å². The van der Waals surface area contributed by atoms with Crippen LogP contribution >= 0.6 is 11.6 Å². The van der Waals surface area contributed by atoms with Crippen molar-refractivity contribution in [3.8, 4) is 11.8 Å². The fourth-order valence-electron chi connectivity index (χ4n) is 3.17. The van der Waals surface area contributed by atoms with Gasteiger partial charge in [0, 0.05) is 18.3 Å². The number of ether oxygens (including phenoxy) is 1. The molecule has 2 aliphatic rings. The largest absolute Gasteiger partial charge is 0.490 e. The standard InChI is InChI=1S/C20H24ClN5O2/c1-20(2)12-24-26-18(11-23-20)19(27)25-14-4-7-15(8-5-14)28-16-6-3-13(10-22)17(21)9-16/h3,6,9,11,14-15,23H,4-5,7-8,12H2,1-2H3,(H,25,27)/t14-,15-. The summed E-state index contributed by atoms with van der Waals surface area (Å²) in [5.74, 6) is 0.450. The topological polar surface area (TPSA) is 98.9 Å². The molecule has 0 bridgehead atoms. The van der Waals surface area contributed by atoms with Crippen molar-refractivity contribution in [2.24, 2.45) is 10.2 Å². The second-order valence-electron chi connectivity index (χ2n) is 7.78. The number of nitrogens with zero attached hydrogens (tertiary/aromatic N) is 3. The summed E-state index contributed by atoms with van der Waals surface area (Å²) in [6, 6.07) is 7.22. The lowest BCUT2D eigenvalue weighted by atomic mass is 9.93. The molecule has 1 aromatic rings. The van der Waals surface area contributed by atoms with Crippen molar-refractivity contribution in [3.63, 3.8) is 0 Å². The van der Waals surface area contributed by atoms with E-state index in [-0.39, 0.29) is 23.6 Å². The molecular weight excluding hydrogens is 378 g/mol. The first kappa shape index (κ1) is 20.2. The van der Waals surface area contributed by atoms with E-state index in [0.29, 0.717) is 28.6 Å². The zero-order valence-corrected chi connectivity index (χ0v) is 16.8. The van der Waals surface area contributed by atoms with E-state index in [0.717, 1.165) is 25.7 Å². The number of amides is 1. The smallest absolute Gasteiger partial charge is 0.273 e. The maximum absolute atomic E-state index is 12.5. The highest BCUT2D eigenvalue weighted by molar-refractivity contribution is 6.31. The van der Waals surface area contributed by atoms with E-state index in [9.17, 15) is 4.79 Å². The summed E-state index contributed by atoms with van der Waals surface area (Å²) in [5, 5.41) is 23.7. The number of nitriles is 1. The Morgan fingerprint density at radius 3 is 2.79 bits per heavy atom. The molecule has 28 heavy (non-hydrogen) atoms. The number of nitrogens with one attached hydrogen (secondary N) is 2. The summed E-state index contributed by atoms with van der Waals surface area (Å²) in [7, 11) is 0. The summed E-state index contributed by atoms with van der Waals surface area (Å²) in [6.45, 7) is 4.53. The minimum absolute atomic E-state index is 0.0661. The Morgan fingerprint density at radius 2 is 2.11 bits per heavy atom. The molecular formula is C20H24ClN5O2. The molecule has 0 radical (unpaired) electrons. The van der Waals surface area contributed by atoms with Crippen molar-refractivity contribution >= 4 is 17.5 Å². The highest BCUT2D eigenvalue weighted by atomic mass is 35.5. The number of hydrogen-bond donors (Lipinski definition) is 2. The first-order chi connectivity index (χ1) is 13.4. The van der Waals surface area contributed by atoms with Gasteiger partial charge < -0.3 is 15.4 Å². The summed E-state index contributed by atoms with van der Waals surface area (Å²) < 4.78 is 5.98. The molecule has 1 amide bonds. The van der Waals surface area contributed by atoms with Crippen molar-refractivity contribution in [2.75, 3.05) is 6.54 Å². The third-order valence-electron chi connectivity index (χ3n) is 4.85. The van der Waals surface area contributed by atoms with Gasteiger partial charge in [0.25, 0.3) is 5.91 Å². The Morgan fingerprint density at radius 1 is 1.36 bits per heavy atom. The highest BCUT2D eigenvalue weighted by Crippen LogP contribution is 2.27. The van der Waals surface area contributed by atoms with Crippen LogP contribution in [0.1, 0.15) is 45.1 Å².